The third-order valence-electron chi connectivity index (χ3n) is 4.40. The van der Waals surface area contributed by atoms with Gasteiger partial charge in [0.25, 0.3) is 0 Å². The van der Waals surface area contributed by atoms with Crippen LogP contribution < -0.4 is 0 Å². The predicted octanol–water partition coefficient (Wildman–Crippen LogP) is 4.22. The molecule has 2 aromatic rings. The summed E-state index contributed by atoms with van der Waals surface area (Å²) in [6.07, 6.45) is 2.17. The lowest BCUT2D eigenvalue weighted by Gasteiger charge is -2.33. The summed E-state index contributed by atoms with van der Waals surface area (Å²) in [4.78, 5) is 3.88. The fourth-order valence-electron chi connectivity index (χ4n) is 3.08. The monoisotopic (exact) mass is 373 g/mol. The summed E-state index contributed by atoms with van der Waals surface area (Å²) in [5, 5.41) is 0. The topological polar surface area (TPSA) is 9.72 Å². The van der Waals surface area contributed by atoms with Gasteiger partial charge in [-0.05, 0) is 48.5 Å². The van der Waals surface area contributed by atoms with Crippen LogP contribution in [0.4, 0.5) is 0 Å². The Morgan fingerprint density at radius 1 is 0.920 bits per heavy atom. The number of rotatable bonds is 7. The summed E-state index contributed by atoms with van der Waals surface area (Å²) >= 11 is 3.68. The largest absolute Gasteiger partial charge is 0.296 e. The molecule has 0 saturated carbocycles. The zero-order chi connectivity index (χ0) is 17.5. The second-order valence-corrected chi connectivity index (χ2v) is 8.56. The van der Waals surface area contributed by atoms with Crippen LogP contribution in [0, 0.1) is 0 Å². The van der Waals surface area contributed by atoms with E-state index in [1.807, 2.05) is 23.9 Å². The lowest BCUT2D eigenvalue weighted by atomic mass is 10.2. The maximum atomic E-state index is 2.56. The molecule has 0 atom stereocenters. The summed E-state index contributed by atoms with van der Waals surface area (Å²) in [6, 6.07) is 19.6. The van der Waals surface area contributed by atoms with E-state index in [1.165, 1.54) is 16.0 Å². The summed E-state index contributed by atoms with van der Waals surface area (Å²) in [5.41, 5.74) is 2.76. The van der Waals surface area contributed by atoms with E-state index in [1.54, 1.807) is 0 Å². The summed E-state index contributed by atoms with van der Waals surface area (Å²) < 4.78 is 4.74. The molecule has 25 heavy (non-hydrogen) atoms. The van der Waals surface area contributed by atoms with Crippen molar-refractivity contribution in [3.63, 3.8) is 0 Å². The number of hydrogen-bond donors (Lipinski definition) is 0. The third-order valence-corrected chi connectivity index (χ3v) is 6.19. The van der Waals surface area contributed by atoms with E-state index in [0.29, 0.717) is 0 Å². The molecule has 1 fully saturated rings. The van der Waals surface area contributed by atoms with Gasteiger partial charge in [-0.3, -0.25) is 4.90 Å². The molecule has 3 nitrogen and oxygen atoms in total. The van der Waals surface area contributed by atoms with E-state index >= 15 is 0 Å². The number of nitrogens with zero attached hydrogens (tertiary/aromatic N) is 3. The average molecular weight is 374 g/mol. The average Bonchev–Trinajstić information content (AvgIpc) is 2.63. The van der Waals surface area contributed by atoms with Gasteiger partial charge in [0.1, 0.15) is 0 Å². The number of benzene rings is 2. The molecule has 1 aliphatic heterocycles. The molecule has 0 unspecified atom stereocenters. The smallest absolute Gasteiger partial charge is 0.0340 e. The van der Waals surface area contributed by atoms with E-state index in [2.05, 4.69) is 81.4 Å². The molecular weight excluding hydrogens is 346 g/mol. The fourth-order valence-corrected chi connectivity index (χ4v) is 4.53. The molecule has 0 N–H and O–H groups in total. The molecule has 0 aromatic heterocycles. The van der Waals surface area contributed by atoms with E-state index in [4.69, 9.17) is 0 Å². The van der Waals surface area contributed by atoms with E-state index in [9.17, 15) is 0 Å². The Balaban J connectivity index is 1.52. The SMILES string of the molecule is CSN1CCN(Cc2cccc(SN(C)Cc3ccccc3)c2)CC1. The van der Waals surface area contributed by atoms with Crippen molar-refractivity contribution in [3.05, 3.63) is 65.7 Å². The molecule has 1 saturated heterocycles. The van der Waals surface area contributed by atoms with Crippen molar-refractivity contribution in [1.82, 2.24) is 13.5 Å². The van der Waals surface area contributed by atoms with Crippen LogP contribution in [-0.4, -0.2) is 53.0 Å². The van der Waals surface area contributed by atoms with Crippen LogP contribution in [0.3, 0.4) is 0 Å². The number of hydrogen-bond acceptors (Lipinski definition) is 5. The van der Waals surface area contributed by atoms with Crippen LogP contribution in [0.1, 0.15) is 11.1 Å². The summed E-state index contributed by atoms with van der Waals surface area (Å²) in [7, 11) is 2.16. The molecule has 0 aliphatic carbocycles. The van der Waals surface area contributed by atoms with Gasteiger partial charge >= 0.3 is 0 Å². The Kier molecular flexibility index (Phi) is 7.25. The molecule has 2 aromatic carbocycles. The molecule has 1 aliphatic rings. The lowest BCUT2D eigenvalue weighted by molar-refractivity contribution is 0.189. The molecule has 0 radical (unpaired) electrons. The molecule has 0 bridgehead atoms. The van der Waals surface area contributed by atoms with Gasteiger partial charge in [-0.25, -0.2) is 8.61 Å². The zero-order valence-corrected chi connectivity index (χ0v) is 16.7. The minimum absolute atomic E-state index is 0.951. The van der Waals surface area contributed by atoms with Crippen LogP contribution in [0.5, 0.6) is 0 Å². The van der Waals surface area contributed by atoms with Crippen molar-refractivity contribution < 1.29 is 0 Å². The number of piperazine rings is 1. The molecule has 0 amide bonds. The van der Waals surface area contributed by atoms with Crippen molar-refractivity contribution in [1.29, 1.82) is 0 Å². The Morgan fingerprint density at radius 2 is 1.64 bits per heavy atom. The van der Waals surface area contributed by atoms with Gasteiger partial charge in [-0.15, -0.1) is 0 Å². The third kappa shape index (κ3) is 6.04. The second-order valence-electron chi connectivity index (χ2n) is 6.40. The minimum atomic E-state index is 0.951. The van der Waals surface area contributed by atoms with Crippen LogP contribution in [-0.2, 0) is 13.1 Å². The molecule has 1 heterocycles. The summed E-state index contributed by atoms with van der Waals surface area (Å²) in [5.74, 6) is 0. The van der Waals surface area contributed by atoms with Crippen LogP contribution in [0.2, 0.25) is 0 Å². The van der Waals surface area contributed by atoms with Crippen molar-refractivity contribution in [2.75, 3.05) is 39.5 Å². The molecule has 3 rings (SSSR count). The van der Waals surface area contributed by atoms with Crippen molar-refractivity contribution in [2.24, 2.45) is 0 Å². The molecule has 0 spiro atoms. The van der Waals surface area contributed by atoms with Gasteiger partial charge in [-0.1, -0.05) is 54.4 Å². The predicted molar refractivity (Wildman–Crippen MR) is 111 cm³/mol. The Morgan fingerprint density at radius 3 is 2.36 bits per heavy atom. The molecular formula is C20H27N3S2. The van der Waals surface area contributed by atoms with Crippen LogP contribution >= 0.6 is 23.9 Å². The maximum Gasteiger partial charge on any atom is 0.0340 e. The van der Waals surface area contributed by atoms with Gasteiger partial charge in [-0.2, -0.15) is 0 Å². The fraction of sp³-hybridized carbons (Fsp3) is 0.400. The first-order valence-corrected chi connectivity index (χ1v) is 10.7. The highest BCUT2D eigenvalue weighted by molar-refractivity contribution is 7.97. The van der Waals surface area contributed by atoms with Crippen LogP contribution in [0.15, 0.2) is 59.5 Å². The van der Waals surface area contributed by atoms with E-state index in [0.717, 1.165) is 39.3 Å². The van der Waals surface area contributed by atoms with Crippen molar-refractivity contribution in [2.45, 2.75) is 18.0 Å². The Bertz CT molecular complexity index is 642. The van der Waals surface area contributed by atoms with E-state index in [-0.39, 0.29) is 0 Å². The highest BCUT2D eigenvalue weighted by atomic mass is 32.2. The standard InChI is InChI=1S/C20H27N3S2/c1-21(16-18-7-4-3-5-8-18)25-20-10-6-9-19(15-20)17-22-11-13-23(24-2)14-12-22/h3-10,15H,11-14,16-17H2,1-2H3. The highest BCUT2D eigenvalue weighted by Crippen LogP contribution is 2.24. The van der Waals surface area contributed by atoms with Gasteiger partial charge in [0.05, 0.1) is 0 Å². The van der Waals surface area contributed by atoms with E-state index < -0.39 is 0 Å². The van der Waals surface area contributed by atoms with Crippen LogP contribution in [0.25, 0.3) is 0 Å². The minimum Gasteiger partial charge on any atom is -0.296 e. The molecule has 5 heteroatoms. The van der Waals surface area contributed by atoms with Gasteiger partial charge in [0.2, 0.25) is 0 Å². The van der Waals surface area contributed by atoms with Crippen molar-refractivity contribution in [3.8, 4) is 0 Å². The first-order chi connectivity index (χ1) is 12.2. The van der Waals surface area contributed by atoms with Gasteiger partial charge in [0.15, 0.2) is 0 Å². The Labute approximate surface area is 160 Å². The first-order valence-electron chi connectivity index (χ1n) is 8.76. The highest BCUT2D eigenvalue weighted by Gasteiger charge is 2.16. The van der Waals surface area contributed by atoms with Crippen molar-refractivity contribution >= 4 is 23.9 Å². The quantitative estimate of drug-likeness (QED) is 0.670. The van der Waals surface area contributed by atoms with Gasteiger partial charge < -0.3 is 0 Å². The maximum absolute atomic E-state index is 2.56. The Hall–Kier alpha value is -0.980. The zero-order valence-electron chi connectivity index (χ0n) is 15.1. The molecule has 134 valence electrons. The lowest BCUT2D eigenvalue weighted by Crippen LogP contribution is -2.42. The normalized spacial score (nSPS) is 16.4. The summed E-state index contributed by atoms with van der Waals surface area (Å²) in [6.45, 7) is 6.65. The first kappa shape index (κ1) is 18.8. The second kappa shape index (κ2) is 9.64. The van der Waals surface area contributed by atoms with Gasteiger partial charge in [0, 0.05) is 44.2 Å².